The van der Waals surface area contributed by atoms with Crippen molar-refractivity contribution in [2.75, 3.05) is 6.54 Å². The number of fused-ring (bicyclic) bond motifs is 1. The molecule has 0 amide bonds. The predicted octanol–water partition coefficient (Wildman–Crippen LogP) is 4.77. The topological polar surface area (TPSA) is 12.0 Å². The van der Waals surface area contributed by atoms with E-state index < -0.39 is 0 Å². The lowest BCUT2D eigenvalue weighted by Crippen LogP contribution is -2.34. The summed E-state index contributed by atoms with van der Waals surface area (Å²) in [5, 5.41) is 5.71. The van der Waals surface area contributed by atoms with Crippen molar-refractivity contribution in [1.29, 1.82) is 0 Å². The van der Waals surface area contributed by atoms with Gasteiger partial charge in [0.15, 0.2) is 0 Å². The number of benzene rings is 1. The first-order valence-corrected chi connectivity index (χ1v) is 7.57. The summed E-state index contributed by atoms with van der Waals surface area (Å²) in [4.78, 5) is 1.15. The summed E-state index contributed by atoms with van der Waals surface area (Å²) in [5.74, 6) is 0.545. The molecule has 1 aromatic carbocycles. The Balaban J connectivity index is 2.53. The zero-order chi connectivity index (χ0) is 12.6. The fourth-order valence-corrected chi connectivity index (χ4v) is 4.21. The number of nitrogens with one attached hydrogen (secondary N) is 1. The largest absolute Gasteiger partial charge is 0.310 e. The number of hydrogen-bond acceptors (Lipinski definition) is 2. The van der Waals surface area contributed by atoms with Crippen LogP contribution in [0.2, 0.25) is 10.0 Å². The first-order valence-electron chi connectivity index (χ1n) is 5.94. The van der Waals surface area contributed by atoms with Gasteiger partial charge < -0.3 is 5.32 Å². The fraction of sp³-hybridized carbons (Fsp3) is 0.538. The second kappa shape index (κ2) is 5.40. The van der Waals surface area contributed by atoms with Crippen LogP contribution in [0.3, 0.4) is 0 Å². The van der Waals surface area contributed by atoms with Crippen molar-refractivity contribution in [2.45, 2.75) is 37.0 Å². The molecule has 0 fully saturated rings. The number of hydrogen-bond donors (Lipinski definition) is 1. The molecule has 1 nitrogen and oxygen atoms in total. The van der Waals surface area contributed by atoms with Gasteiger partial charge in [0.2, 0.25) is 0 Å². The molecule has 0 radical (unpaired) electrons. The van der Waals surface area contributed by atoms with Gasteiger partial charge in [-0.2, -0.15) is 0 Å². The lowest BCUT2D eigenvalue weighted by molar-refractivity contribution is 0.380. The summed E-state index contributed by atoms with van der Waals surface area (Å²) >= 11 is 14.5. The van der Waals surface area contributed by atoms with Gasteiger partial charge in [-0.05, 0) is 24.6 Å². The Morgan fingerprint density at radius 3 is 2.53 bits per heavy atom. The normalized spacial score (nSPS) is 27.9. The maximum absolute atomic E-state index is 6.35. The van der Waals surface area contributed by atoms with Crippen LogP contribution in [0.5, 0.6) is 0 Å². The van der Waals surface area contributed by atoms with E-state index in [0.29, 0.717) is 17.2 Å². The van der Waals surface area contributed by atoms with Crippen LogP contribution in [-0.4, -0.2) is 11.8 Å². The summed E-state index contributed by atoms with van der Waals surface area (Å²) in [6, 6.07) is 4.09. The third kappa shape index (κ3) is 2.46. The van der Waals surface area contributed by atoms with E-state index in [1.807, 2.05) is 23.9 Å². The molecule has 1 heterocycles. The first-order chi connectivity index (χ1) is 8.06. The molecule has 0 bridgehead atoms. The molecule has 0 saturated heterocycles. The van der Waals surface area contributed by atoms with Gasteiger partial charge in [-0.3, -0.25) is 0 Å². The van der Waals surface area contributed by atoms with Crippen LogP contribution in [0.4, 0.5) is 0 Å². The summed E-state index contributed by atoms with van der Waals surface area (Å²) < 4.78 is 0. The highest BCUT2D eigenvalue weighted by molar-refractivity contribution is 8.00. The van der Waals surface area contributed by atoms with Gasteiger partial charge in [-0.25, -0.2) is 0 Å². The standard InChI is InChI=1S/C13H17Cl2NS/c1-4-16-12-7(2)8(3)17-13-10(15)6-5-9(14)11(12)13/h5-8,12,16H,4H2,1-3H3. The molecule has 1 N–H and O–H groups in total. The highest BCUT2D eigenvalue weighted by Crippen LogP contribution is 2.49. The molecule has 0 spiro atoms. The third-order valence-corrected chi connectivity index (χ3v) is 5.63. The molecule has 1 aromatic rings. The Hall–Kier alpha value is 0.110. The van der Waals surface area contributed by atoms with Crippen molar-refractivity contribution >= 4 is 35.0 Å². The minimum absolute atomic E-state index is 0.303. The van der Waals surface area contributed by atoms with Gasteiger partial charge >= 0.3 is 0 Å². The molecule has 4 heteroatoms. The number of halogens is 2. The van der Waals surface area contributed by atoms with Gasteiger partial charge in [0, 0.05) is 26.8 Å². The lowest BCUT2D eigenvalue weighted by Gasteiger charge is -2.37. The molecule has 3 atom stereocenters. The molecular formula is C13H17Cl2NS. The Bertz CT molecular complexity index is 422. The van der Waals surface area contributed by atoms with E-state index in [1.165, 1.54) is 5.56 Å². The van der Waals surface area contributed by atoms with Gasteiger partial charge in [-0.15, -0.1) is 11.8 Å². The molecule has 2 rings (SSSR count). The van der Waals surface area contributed by atoms with E-state index in [-0.39, 0.29) is 0 Å². The van der Waals surface area contributed by atoms with Crippen LogP contribution in [0.1, 0.15) is 32.4 Å². The van der Waals surface area contributed by atoms with E-state index in [1.54, 1.807) is 0 Å². The van der Waals surface area contributed by atoms with Crippen LogP contribution >= 0.6 is 35.0 Å². The van der Waals surface area contributed by atoms with Crippen LogP contribution in [-0.2, 0) is 0 Å². The Labute approximate surface area is 117 Å². The highest BCUT2D eigenvalue weighted by atomic mass is 35.5. The van der Waals surface area contributed by atoms with Gasteiger partial charge in [0.25, 0.3) is 0 Å². The second-order valence-corrected chi connectivity index (χ2v) is 6.69. The van der Waals surface area contributed by atoms with Gasteiger partial charge in [0.05, 0.1) is 5.02 Å². The Morgan fingerprint density at radius 2 is 1.88 bits per heavy atom. The first kappa shape index (κ1) is 13.5. The highest BCUT2D eigenvalue weighted by Gasteiger charge is 2.34. The van der Waals surface area contributed by atoms with E-state index in [9.17, 15) is 0 Å². The van der Waals surface area contributed by atoms with Crippen LogP contribution in [0.25, 0.3) is 0 Å². The molecule has 0 aliphatic carbocycles. The van der Waals surface area contributed by atoms with Crippen molar-refractivity contribution in [3.63, 3.8) is 0 Å². The monoisotopic (exact) mass is 289 g/mol. The summed E-state index contributed by atoms with van der Waals surface area (Å²) in [7, 11) is 0. The number of rotatable bonds is 2. The molecule has 94 valence electrons. The van der Waals surface area contributed by atoms with E-state index in [2.05, 4.69) is 26.1 Å². The zero-order valence-electron chi connectivity index (χ0n) is 10.3. The quantitative estimate of drug-likeness (QED) is 0.841. The van der Waals surface area contributed by atoms with Crippen molar-refractivity contribution in [2.24, 2.45) is 5.92 Å². The summed E-state index contributed by atoms with van der Waals surface area (Å²) in [6.45, 7) is 7.58. The van der Waals surface area contributed by atoms with Crippen LogP contribution in [0, 0.1) is 5.92 Å². The summed E-state index contributed by atoms with van der Waals surface area (Å²) in [5.41, 5.74) is 1.18. The fourth-order valence-electron chi connectivity index (χ4n) is 2.29. The maximum Gasteiger partial charge on any atom is 0.0546 e. The molecule has 3 unspecified atom stereocenters. The van der Waals surface area contributed by atoms with Crippen molar-refractivity contribution < 1.29 is 0 Å². The molecular weight excluding hydrogens is 273 g/mol. The third-order valence-electron chi connectivity index (χ3n) is 3.40. The average molecular weight is 290 g/mol. The van der Waals surface area contributed by atoms with E-state index >= 15 is 0 Å². The smallest absolute Gasteiger partial charge is 0.0546 e. The number of thioether (sulfide) groups is 1. The lowest BCUT2D eigenvalue weighted by atomic mass is 9.91. The van der Waals surface area contributed by atoms with Crippen LogP contribution < -0.4 is 5.32 Å². The molecule has 0 aromatic heterocycles. The minimum atomic E-state index is 0.303. The van der Waals surface area contributed by atoms with Crippen molar-refractivity contribution in [1.82, 2.24) is 5.32 Å². The average Bonchev–Trinajstić information content (AvgIpc) is 2.30. The SMILES string of the molecule is CCNC1c2c(Cl)ccc(Cl)c2SC(C)C1C. The van der Waals surface area contributed by atoms with Gasteiger partial charge in [0.1, 0.15) is 0 Å². The molecule has 17 heavy (non-hydrogen) atoms. The minimum Gasteiger partial charge on any atom is -0.310 e. The maximum atomic E-state index is 6.35. The van der Waals surface area contributed by atoms with E-state index in [4.69, 9.17) is 23.2 Å². The molecule has 1 aliphatic rings. The van der Waals surface area contributed by atoms with Gasteiger partial charge in [-0.1, -0.05) is 44.0 Å². The Kier molecular flexibility index (Phi) is 4.30. The van der Waals surface area contributed by atoms with Crippen LogP contribution in [0.15, 0.2) is 17.0 Å². The molecule has 0 saturated carbocycles. The molecule has 1 aliphatic heterocycles. The second-order valence-electron chi connectivity index (χ2n) is 4.49. The summed E-state index contributed by atoms with van der Waals surface area (Å²) in [6.07, 6.45) is 0. The van der Waals surface area contributed by atoms with E-state index in [0.717, 1.165) is 21.5 Å². The van der Waals surface area contributed by atoms with Crippen molar-refractivity contribution in [3.8, 4) is 0 Å². The predicted molar refractivity (Wildman–Crippen MR) is 77.4 cm³/mol. The Morgan fingerprint density at radius 1 is 1.24 bits per heavy atom. The zero-order valence-corrected chi connectivity index (χ0v) is 12.6. The van der Waals surface area contributed by atoms with Crippen molar-refractivity contribution in [3.05, 3.63) is 27.7 Å².